The molecule has 8 nitrogen and oxygen atoms in total. The highest BCUT2D eigenvalue weighted by molar-refractivity contribution is 5.80. The van der Waals surface area contributed by atoms with Crippen LogP contribution in [-0.4, -0.2) is 43.2 Å². The third kappa shape index (κ3) is 9.45. The van der Waals surface area contributed by atoms with Gasteiger partial charge in [0.15, 0.2) is 0 Å². The van der Waals surface area contributed by atoms with Crippen LogP contribution in [0.4, 0.5) is 0 Å². The molecule has 284 valence electrons. The first-order valence-electron chi connectivity index (χ1n) is 20.1. The van der Waals surface area contributed by atoms with Gasteiger partial charge in [-0.25, -0.2) is 9.97 Å². The predicted octanol–water partition coefficient (Wildman–Crippen LogP) is 9.82. The van der Waals surface area contributed by atoms with Crippen LogP contribution in [0.3, 0.4) is 0 Å². The quantitative estimate of drug-likeness (QED) is 0.152. The molecule has 2 aromatic heterocycles. The summed E-state index contributed by atoms with van der Waals surface area (Å²) in [6, 6.07) is 12.4. The minimum Gasteiger partial charge on any atom is -0.461 e. The molecule has 0 radical (unpaired) electrons. The van der Waals surface area contributed by atoms with E-state index >= 15 is 0 Å². The number of esters is 2. The first kappa shape index (κ1) is 39.5. The molecule has 2 aliphatic carbocycles. The Labute approximate surface area is 312 Å². The van der Waals surface area contributed by atoms with Crippen molar-refractivity contribution < 1.29 is 19.1 Å². The SMILES string of the molecule is CCc1nc2cc(C)ccc2n1CC(=O)OC1C[C@H](C)CC[C@H]1C(C)C.CCc1nc2ccc(C)cc2n1CC(=O)OC1C[C@H](C)CC[C@H]1C(C)C. The van der Waals surface area contributed by atoms with Gasteiger partial charge >= 0.3 is 11.9 Å². The Balaban J connectivity index is 0.000000201. The number of hydrogen-bond donors (Lipinski definition) is 0. The molecule has 6 rings (SSSR count). The van der Waals surface area contributed by atoms with Gasteiger partial charge in [0.2, 0.25) is 0 Å². The molecule has 2 fully saturated rings. The monoisotopic (exact) mass is 712 g/mol. The molecule has 0 aliphatic heterocycles. The number of carbonyl (C=O) groups is 2. The van der Waals surface area contributed by atoms with Crippen LogP contribution in [0.2, 0.25) is 0 Å². The summed E-state index contributed by atoms with van der Waals surface area (Å²) in [6.45, 7) is 22.3. The van der Waals surface area contributed by atoms with Crippen LogP contribution >= 0.6 is 0 Å². The first-order chi connectivity index (χ1) is 24.8. The number of aromatic nitrogens is 4. The Bertz CT molecular complexity index is 1820. The maximum Gasteiger partial charge on any atom is 0.326 e. The fourth-order valence-corrected chi connectivity index (χ4v) is 8.64. The minimum absolute atomic E-state index is 0.0489. The van der Waals surface area contributed by atoms with E-state index in [4.69, 9.17) is 14.5 Å². The van der Waals surface area contributed by atoms with Crippen LogP contribution < -0.4 is 0 Å². The molecule has 0 bridgehead atoms. The second-order valence-electron chi connectivity index (χ2n) is 16.6. The molecule has 0 N–H and O–H groups in total. The predicted molar refractivity (Wildman–Crippen MR) is 210 cm³/mol. The van der Waals surface area contributed by atoms with Gasteiger partial charge in [0.25, 0.3) is 0 Å². The summed E-state index contributed by atoms with van der Waals surface area (Å²) < 4.78 is 16.0. The van der Waals surface area contributed by atoms with E-state index in [0.29, 0.717) is 35.5 Å². The highest BCUT2D eigenvalue weighted by atomic mass is 16.5. The molecule has 2 aromatic carbocycles. The van der Waals surface area contributed by atoms with Crippen LogP contribution in [0.1, 0.15) is 117 Å². The number of nitrogens with zero attached hydrogens (tertiary/aromatic N) is 4. The van der Waals surface area contributed by atoms with Crippen molar-refractivity contribution in [1.29, 1.82) is 0 Å². The van der Waals surface area contributed by atoms with Crippen LogP contribution in [-0.2, 0) is 45.0 Å². The largest absolute Gasteiger partial charge is 0.461 e. The summed E-state index contributed by atoms with van der Waals surface area (Å²) in [7, 11) is 0. The van der Waals surface area contributed by atoms with Crippen LogP contribution in [0, 0.1) is 49.4 Å². The first-order valence-corrected chi connectivity index (χ1v) is 20.1. The molecule has 52 heavy (non-hydrogen) atoms. The Hall–Kier alpha value is -3.68. The second-order valence-corrected chi connectivity index (χ2v) is 16.6. The zero-order chi connectivity index (χ0) is 37.7. The van der Waals surface area contributed by atoms with E-state index in [-0.39, 0.29) is 37.2 Å². The van der Waals surface area contributed by atoms with Gasteiger partial charge in [0.1, 0.15) is 36.9 Å². The van der Waals surface area contributed by atoms with Crippen molar-refractivity contribution in [1.82, 2.24) is 19.1 Å². The number of fused-ring (bicyclic) bond motifs is 2. The van der Waals surface area contributed by atoms with Gasteiger partial charge in [0.05, 0.1) is 22.1 Å². The number of imidazole rings is 2. The number of ether oxygens (including phenoxy) is 2. The Kier molecular flexibility index (Phi) is 13.2. The number of rotatable bonds is 10. The van der Waals surface area contributed by atoms with Gasteiger partial charge in [-0.2, -0.15) is 0 Å². The molecular formula is C44H64N4O4. The lowest BCUT2D eigenvalue weighted by Gasteiger charge is -2.36. The van der Waals surface area contributed by atoms with Gasteiger partial charge in [-0.3, -0.25) is 9.59 Å². The van der Waals surface area contributed by atoms with Gasteiger partial charge in [-0.05, 0) is 110 Å². The standard InChI is InChI=1S/2C22H32N2O2/c1-6-21-23-18-11-15(4)8-10-19(18)24(21)13-22(25)26-20-12-16(5)7-9-17(20)14(2)3;1-6-21-23-18-10-8-15(4)11-19(18)24(21)13-22(25)26-20-12-16(5)7-9-17(20)14(2)3/h2*8,10-11,14,16-17,20H,6-7,9,12-13H2,1-5H3/t2*16-,17+,20?/m11/s1. The van der Waals surface area contributed by atoms with E-state index in [1.807, 2.05) is 15.2 Å². The van der Waals surface area contributed by atoms with E-state index in [9.17, 15) is 9.59 Å². The van der Waals surface area contributed by atoms with Crippen molar-refractivity contribution in [2.45, 2.75) is 146 Å². The summed E-state index contributed by atoms with van der Waals surface area (Å²) in [5.41, 5.74) is 6.31. The smallest absolute Gasteiger partial charge is 0.326 e. The maximum atomic E-state index is 12.8. The molecule has 8 heteroatoms. The van der Waals surface area contributed by atoms with Crippen molar-refractivity contribution in [2.24, 2.45) is 35.5 Å². The number of benzene rings is 2. The Morgan fingerprint density at radius 2 is 1.13 bits per heavy atom. The van der Waals surface area contributed by atoms with E-state index in [2.05, 4.69) is 105 Å². The lowest BCUT2D eigenvalue weighted by atomic mass is 9.75. The minimum atomic E-state index is -0.135. The highest BCUT2D eigenvalue weighted by Crippen LogP contribution is 2.37. The third-order valence-corrected chi connectivity index (χ3v) is 11.7. The molecule has 2 aliphatic rings. The normalized spacial score (nSPS) is 23.5. The molecule has 4 aromatic rings. The van der Waals surface area contributed by atoms with E-state index in [1.54, 1.807) is 0 Å². The third-order valence-electron chi connectivity index (χ3n) is 11.7. The zero-order valence-electron chi connectivity index (χ0n) is 33.6. The van der Waals surface area contributed by atoms with Crippen LogP contribution in [0.5, 0.6) is 0 Å². The van der Waals surface area contributed by atoms with Gasteiger partial charge < -0.3 is 18.6 Å². The molecule has 0 saturated heterocycles. The van der Waals surface area contributed by atoms with E-state index in [1.165, 1.54) is 24.0 Å². The Morgan fingerprint density at radius 1 is 0.673 bits per heavy atom. The fourth-order valence-electron chi connectivity index (χ4n) is 8.64. The average molecular weight is 713 g/mol. The lowest BCUT2D eigenvalue weighted by Crippen LogP contribution is -2.36. The molecule has 2 unspecified atom stereocenters. The summed E-state index contributed by atoms with van der Waals surface area (Å²) >= 11 is 0. The Morgan fingerprint density at radius 3 is 1.63 bits per heavy atom. The van der Waals surface area contributed by atoms with Crippen molar-refractivity contribution in [3.63, 3.8) is 0 Å². The summed E-state index contributed by atoms with van der Waals surface area (Å²) in [4.78, 5) is 34.9. The molecule has 0 amide bonds. The molecular weight excluding hydrogens is 649 g/mol. The second kappa shape index (κ2) is 17.4. The molecule has 2 saturated carbocycles. The van der Waals surface area contributed by atoms with Crippen LogP contribution in [0.25, 0.3) is 22.1 Å². The van der Waals surface area contributed by atoms with Gasteiger partial charge in [-0.15, -0.1) is 0 Å². The van der Waals surface area contributed by atoms with Crippen molar-refractivity contribution in [2.75, 3.05) is 0 Å². The maximum absolute atomic E-state index is 12.8. The molecule has 2 heterocycles. The summed E-state index contributed by atoms with van der Waals surface area (Å²) in [6.07, 6.45) is 8.46. The summed E-state index contributed by atoms with van der Waals surface area (Å²) in [5, 5.41) is 0. The lowest BCUT2D eigenvalue weighted by molar-refractivity contribution is -0.157. The van der Waals surface area contributed by atoms with Gasteiger partial charge in [-0.1, -0.05) is 80.4 Å². The van der Waals surface area contributed by atoms with Crippen molar-refractivity contribution in [3.8, 4) is 0 Å². The molecule has 0 spiro atoms. The van der Waals surface area contributed by atoms with E-state index in [0.717, 1.165) is 72.2 Å². The van der Waals surface area contributed by atoms with Crippen molar-refractivity contribution >= 4 is 34.0 Å². The number of carbonyl (C=O) groups excluding carboxylic acids is 2. The number of aryl methyl sites for hydroxylation is 4. The molecule has 6 atom stereocenters. The number of hydrogen-bond acceptors (Lipinski definition) is 6. The summed E-state index contributed by atoms with van der Waals surface area (Å²) in [5.74, 6) is 4.92. The van der Waals surface area contributed by atoms with Gasteiger partial charge in [0, 0.05) is 12.8 Å². The average Bonchev–Trinajstić information content (AvgIpc) is 3.60. The topological polar surface area (TPSA) is 88.2 Å². The van der Waals surface area contributed by atoms with E-state index < -0.39 is 0 Å². The highest BCUT2D eigenvalue weighted by Gasteiger charge is 2.35. The zero-order valence-corrected chi connectivity index (χ0v) is 33.6. The van der Waals surface area contributed by atoms with Crippen molar-refractivity contribution in [3.05, 3.63) is 59.2 Å². The fraction of sp³-hybridized carbons (Fsp3) is 0.636. The van der Waals surface area contributed by atoms with Crippen LogP contribution in [0.15, 0.2) is 36.4 Å².